The van der Waals surface area contributed by atoms with Gasteiger partial charge in [-0.3, -0.25) is 14.4 Å². The SMILES string of the molecule is CC[C@@]1(O)C[C@H](O[C@H]2CC[C@H](O[C@H]3CC[C@H](O)[C@H](C)O3)[C@H](C)O2)c2c(cc3c(c2O)C(=O)c2c(O)cccc2C3=O)[C@H]1C(=O)OC. The van der Waals surface area contributed by atoms with E-state index in [1.165, 1.54) is 31.4 Å². The number of hydrogen-bond donors (Lipinski definition) is 4. The summed E-state index contributed by atoms with van der Waals surface area (Å²) in [6.45, 7) is 5.35. The number of methoxy groups -OCH3 is 1. The van der Waals surface area contributed by atoms with Gasteiger partial charge in [0, 0.05) is 36.0 Å². The number of phenolic OH excluding ortho intramolecular Hbond substituents is 2. The minimum atomic E-state index is -1.69. The van der Waals surface area contributed by atoms with Crippen LogP contribution in [0.3, 0.4) is 0 Å². The molecule has 0 bridgehead atoms. The maximum Gasteiger partial charge on any atom is 0.316 e. The highest BCUT2D eigenvalue weighted by atomic mass is 16.7. The summed E-state index contributed by atoms with van der Waals surface area (Å²) in [4.78, 5) is 40.5. The van der Waals surface area contributed by atoms with Crippen molar-refractivity contribution in [2.45, 2.75) is 114 Å². The van der Waals surface area contributed by atoms with Gasteiger partial charge in [0.25, 0.3) is 0 Å². The molecule has 248 valence electrons. The number of ether oxygens (including phenoxy) is 5. The molecule has 2 heterocycles. The van der Waals surface area contributed by atoms with Crippen LogP contribution in [0.1, 0.15) is 114 Å². The highest BCUT2D eigenvalue weighted by molar-refractivity contribution is 6.30. The lowest BCUT2D eigenvalue weighted by molar-refractivity contribution is -0.289. The molecular formula is C34H40O12. The number of carbonyl (C=O) groups excluding carboxylic acids is 3. The number of aliphatic hydroxyl groups excluding tert-OH is 1. The molecule has 0 amide bonds. The van der Waals surface area contributed by atoms with Crippen LogP contribution in [0.15, 0.2) is 24.3 Å². The fourth-order valence-corrected chi connectivity index (χ4v) is 7.31. The minimum Gasteiger partial charge on any atom is -0.507 e. The van der Waals surface area contributed by atoms with E-state index < -0.39 is 71.4 Å². The molecule has 4 N–H and O–H groups in total. The molecule has 12 heteroatoms. The first-order valence-corrected chi connectivity index (χ1v) is 15.8. The van der Waals surface area contributed by atoms with Crippen molar-refractivity contribution in [3.8, 4) is 11.5 Å². The molecular weight excluding hydrogens is 600 g/mol. The smallest absolute Gasteiger partial charge is 0.316 e. The molecule has 0 aromatic heterocycles. The molecule has 0 unspecified atom stereocenters. The average Bonchev–Trinajstić information content (AvgIpc) is 3.02. The summed E-state index contributed by atoms with van der Waals surface area (Å²) >= 11 is 0. The molecule has 6 rings (SSSR count). The number of ketones is 2. The van der Waals surface area contributed by atoms with E-state index in [1.54, 1.807) is 13.8 Å². The Bertz CT molecular complexity index is 1550. The van der Waals surface area contributed by atoms with Crippen LogP contribution in [0.25, 0.3) is 0 Å². The largest absolute Gasteiger partial charge is 0.507 e. The Morgan fingerprint density at radius 3 is 2.33 bits per heavy atom. The molecule has 2 saturated heterocycles. The molecule has 2 aliphatic heterocycles. The van der Waals surface area contributed by atoms with E-state index in [1.807, 2.05) is 6.92 Å². The normalized spacial score (nSPS) is 34.0. The fourth-order valence-electron chi connectivity index (χ4n) is 7.31. The first-order chi connectivity index (χ1) is 21.9. The van der Waals surface area contributed by atoms with Crippen LogP contribution in [0.4, 0.5) is 0 Å². The van der Waals surface area contributed by atoms with E-state index in [2.05, 4.69) is 0 Å². The number of fused-ring (bicyclic) bond motifs is 3. The molecule has 2 aromatic rings. The monoisotopic (exact) mass is 640 g/mol. The number of esters is 1. The molecule has 46 heavy (non-hydrogen) atoms. The average molecular weight is 641 g/mol. The topological polar surface area (TPSA) is 178 Å². The van der Waals surface area contributed by atoms with Gasteiger partial charge >= 0.3 is 5.97 Å². The van der Waals surface area contributed by atoms with Gasteiger partial charge in [0.15, 0.2) is 18.4 Å². The summed E-state index contributed by atoms with van der Waals surface area (Å²) in [5.41, 5.74) is -2.22. The van der Waals surface area contributed by atoms with Crippen LogP contribution < -0.4 is 0 Å². The number of benzene rings is 2. The van der Waals surface area contributed by atoms with Gasteiger partial charge in [-0.1, -0.05) is 19.1 Å². The van der Waals surface area contributed by atoms with E-state index in [-0.39, 0.29) is 58.4 Å². The summed E-state index contributed by atoms with van der Waals surface area (Å²) in [7, 11) is 1.18. The van der Waals surface area contributed by atoms with Crippen LogP contribution >= 0.6 is 0 Å². The van der Waals surface area contributed by atoms with E-state index in [9.17, 15) is 34.8 Å². The second-order valence-corrected chi connectivity index (χ2v) is 12.7. The number of aliphatic hydroxyl groups is 2. The van der Waals surface area contributed by atoms with Crippen molar-refractivity contribution >= 4 is 17.5 Å². The molecule has 0 radical (unpaired) electrons. The summed E-state index contributed by atoms with van der Waals surface area (Å²) < 4.78 is 29.6. The lowest BCUT2D eigenvalue weighted by Gasteiger charge is -2.45. The molecule has 0 saturated carbocycles. The van der Waals surface area contributed by atoms with E-state index in [0.29, 0.717) is 25.7 Å². The number of aromatic hydroxyl groups is 2. The zero-order chi connectivity index (χ0) is 33.1. The lowest BCUT2D eigenvalue weighted by atomic mass is 9.67. The molecule has 12 nitrogen and oxygen atoms in total. The van der Waals surface area contributed by atoms with Gasteiger partial charge in [-0.15, -0.1) is 0 Å². The molecule has 4 aliphatic rings. The third-order valence-corrected chi connectivity index (χ3v) is 9.94. The molecule has 2 fully saturated rings. The molecule has 0 spiro atoms. The van der Waals surface area contributed by atoms with Crippen LogP contribution in [-0.2, 0) is 28.5 Å². The highest BCUT2D eigenvalue weighted by Crippen LogP contribution is 2.54. The number of carbonyl (C=O) groups is 3. The van der Waals surface area contributed by atoms with Crippen molar-refractivity contribution in [2.75, 3.05) is 7.11 Å². The Morgan fingerprint density at radius 2 is 1.65 bits per heavy atom. The van der Waals surface area contributed by atoms with E-state index in [0.717, 1.165) is 0 Å². The first-order valence-electron chi connectivity index (χ1n) is 15.8. The Hall–Kier alpha value is -3.39. The van der Waals surface area contributed by atoms with Crippen molar-refractivity contribution in [3.05, 3.63) is 57.6 Å². The zero-order valence-corrected chi connectivity index (χ0v) is 26.2. The van der Waals surface area contributed by atoms with Crippen molar-refractivity contribution in [3.63, 3.8) is 0 Å². The van der Waals surface area contributed by atoms with E-state index in [4.69, 9.17) is 23.7 Å². The number of hydrogen-bond acceptors (Lipinski definition) is 12. The summed E-state index contributed by atoms with van der Waals surface area (Å²) in [5, 5.41) is 44.1. The summed E-state index contributed by atoms with van der Waals surface area (Å²) in [6.07, 6.45) is -1.89. The van der Waals surface area contributed by atoms with Gasteiger partial charge < -0.3 is 44.1 Å². The molecule has 9 atom stereocenters. The molecule has 2 aromatic carbocycles. The Balaban J connectivity index is 1.34. The van der Waals surface area contributed by atoms with Crippen LogP contribution in [0, 0.1) is 0 Å². The van der Waals surface area contributed by atoms with Gasteiger partial charge in [0.2, 0.25) is 5.78 Å². The predicted octanol–water partition coefficient (Wildman–Crippen LogP) is 3.53. The Morgan fingerprint density at radius 1 is 0.957 bits per heavy atom. The van der Waals surface area contributed by atoms with Gasteiger partial charge in [-0.05, 0) is 50.8 Å². The quantitative estimate of drug-likeness (QED) is 0.289. The lowest BCUT2D eigenvalue weighted by Crippen LogP contribution is -2.48. The third-order valence-electron chi connectivity index (χ3n) is 9.94. The van der Waals surface area contributed by atoms with Crippen LogP contribution in [0.5, 0.6) is 11.5 Å². The van der Waals surface area contributed by atoms with Crippen LogP contribution in [0.2, 0.25) is 0 Å². The van der Waals surface area contributed by atoms with Gasteiger partial charge in [0.1, 0.15) is 17.4 Å². The summed E-state index contributed by atoms with van der Waals surface area (Å²) in [5.74, 6) is -4.39. The molecule has 2 aliphatic carbocycles. The van der Waals surface area contributed by atoms with Crippen molar-refractivity contribution in [1.29, 1.82) is 0 Å². The van der Waals surface area contributed by atoms with E-state index >= 15 is 0 Å². The fraction of sp³-hybridized carbons (Fsp3) is 0.559. The van der Waals surface area contributed by atoms with Crippen molar-refractivity contribution < 1.29 is 58.5 Å². The second-order valence-electron chi connectivity index (χ2n) is 12.7. The Kier molecular flexibility index (Phi) is 8.72. The van der Waals surface area contributed by atoms with Gasteiger partial charge in [-0.2, -0.15) is 0 Å². The number of phenols is 2. The van der Waals surface area contributed by atoms with Crippen LogP contribution in [-0.4, -0.2) is 87.7 Å². The first kappa shape index (κ1) is 32.5. The predicted molar refractivity (Wildman–Crippen MR) is 160 cm³/mol. The van der Waals surface area contributed by atoms with Crippen molar-refractivity contribution in [1.82, 2.24) is 0 Å². The van der Waals surface area contributed by atoms with Gasteiger partial charge in [-0.25, -0.2) is 0 Å². The second kappa shape index (κ2) is 12.3. The maximum atomic E-state index is 13.7. The maximum absolute atomic E-state index is 13.7. The standard InChI is InChI=1S/C34H40O12/c1-5-34(41)14-23(46-25-12-10-22(16(3)44-25)45-24-11-9-20(35)15(2)43-24)27-18(29(34)33(40)42-4)13-19-28(32(27)39)31(38)26-17(30(19)37)7-6-8-21(26)36/h6-8,13,15-16,20,22-25,29,35-36,39,41H,5,9-12,14H2,1-4H3/t15-,16-,20-,22-,23-,24-,25-,29-,34+/m0/s1. The Labute approximate surface area is 266 Å². The summed E-state index contributed by atoms with van der Waals surface area (Å²) in [6, 6.07) is 5.48. The third kappa shape index (κ3) is 5.40. The van der Waals surface area contributed by atoms with Gasteiger partial charge in [0.05, 0.1) is 54.4 Å². The number of rotatable bonds is 6. The minimum absolute atomic E-state index is 0.0357. The zero-order valence-electron chi connectivity index (χ0n) is 26.2. The van der Waals surface area contributed by atoms with Crippen molar-refractivity contribution in [2.24, 2.45) is 0 Å². The highest BCUT2D eigenvalue weighted by Gasteiger charge is 2.53.